The van der Waals surface area contributed by atoms with Crippen LogP contribution in [0.25, 0.3) is 11.5 Å². The van der Waals surface area contributed by atoms with Gasteiger partial charge in [0.1, 0.15) is 5.67 Å². The standard InChI is InChI=1S/C32H39FN6O3/c1-28(2,3)26-36-27(42-38-26)31-9-6-29(7-10-31,8-11-31)19-39(23(40)13-30-16-32(33,17-30)18-30)22-12-21(14-34-15-22)25-35-24(37-41-25)20-4-5-20/h12,14-15,20H,4-11,13,16-19H2,1-3H3. The second kappa shape index (κ2) is 8.69. The van der Waals surface area contributed by atoms with Crippen molar-refractivity contribution in [2.45, 2.75) is 120 Å². The van der Waals surface area contributed by atoms with E-state index in [1.165, 1.54) is 0 Å². The van der Waals surface area contributed by atoms with Crippen LogP contribution in [0.15, 0.2) is 27.5 Å². The highest BCUT2D eigenvalue weighted by molar-refractivity contribution is 5.94. The molecule has 0 unspecified atom stereocenters. The number of fused-ring (bicyclic) bond motifs is 3. The van der Waals surface area contributed by atoms with E-state index in [0.717, 1.165) is 74.6 Å². The Morgan fingerprint density at radius 3 is 2.31 bits per heavy atom. The summed E-state index contributed by atoms with van der Waals surface area (Å²) in [7, 11) is 0. The third kappa shape index (κ3) is 4.30. The Morgan fingerprint density at radius 2 is 1.69 bits per heavy atom. The summed E-state index contributed by atoms with van der Waals surface area (Å²) < 4.78 is 25.8. The van der Waals surface area contributed by atoms with E-state index in [0.29, 0.717) is 49.6 Å². The highest BCUT2D eigenvalue weighted by atomic mass is 19.1. The Kier molecular flexibility index (Phi) is 5.48. The van der Waals surface area contributed by atoms with Gasteiger partial charge < -0.3 is 13.9 Å². The van der Waals surface area contributed by atoms with Crippen molar-refractivity contribution in [1.82, 2.24) is 25.3 Å². The highest BCUT2D eigenvalue weighted by Gasteiger charge is 2.69. The van der Waals surface area contributed by atoms with Crippen molar-refractivity contribution in [3.63, 3.8) is 0 Å². The fourth-order valence-electron chi connectivity index (χ4n) is 8.24. The number of rotatable bonds is 8. The first-order valence-corrected chi connectivity index (χ1v) is 15.6. The van der Waals surface area contributed by atoms with Crippen molar-refractivity contribution in [2.24, 2.45) is 10.8 Å². The number of aromatic nitrogens is 5. The van der Waals surface area contributed by atoms with E-state index in [1.54, 1.807) is 12.4 Å². The average Bonchev–Trinajstić information content (AvgIpc) is 3.43. The second-order valence-corrected chi connectivity index (χ2v) is 15.5. The predicted molar refractivity (Wildman–Crippen MR) is 151 cm³/mol. The first-order valence-electron chi connectivity index (χ1n) is 15.6. The number of carbonyl (C=O) groups excluding carboxylic acids is 1. The molecule has 3 aromatic heterocycles. The van der Waals surface area contributed by atoms with Crippen LogP contribution < -0.4 is 4.90 Å². The molecule has 3 aromatic rings. The number of nitrogens with zero attached hydrogens (tertiary/aromatic N) is 6. The van der Waals surface area contributed by atoms with E-state index in [4.69, 9.17) is 14.0 Å². The van der Waals surface area contributed by atoms with E-state index in [1.807, 2.05) is 11.0 Å². The highest BCUT2D eigenvalue weighted by Crippen LogP contribution is 2.71. The maximum Gasteiger partial charge on any atom is 0.259 e. The second-order valence-electron chi connectivity index (χ2n) is 15.5. The molecule has 7 saturated carbocycles. The molecule has 0 aromatic carbocycles. The zero-order valence-corrected chi connectivity index (χ0v) is 24.8. The lowest BCUT2D eigenvalue weighted by molar-refractivity contribution is -0.215. The van der Waals surface area contributed by atoms with Gasteiger partial charge in [-0.25, -0.2) is 4.39 Å². The summed E-state index contributed by atoms with van der Waals surface area (Å²) in [5.41, 5.74) is 0.0343. The Morgan fingerprint density at radius 1 is 0.976 bits per heavy atom. The summed E-state index contributed by atoms with van der Waals surface area (Å²) in [4.78, 5) is 29.9. The van der Waals surface area contributed by atoms with Crippen LogP contribution in [0.4, 0.5) is 10.1 Å². The van der Waals surface area contributed by atoms with Gasteiger partial charge >= 0.3 is 0 Å². The molecule has 0 atom stereocenters. The normalized spacial score (nSPS) is 33.2. The Hall–Kier alpha value is -3.17. The van der Waals surface area contributed by atoms with E-state index < -0.39 is 5.67 Å². The lowest BCUT2D eigenvalue weighted by Crippen LogP contribution is -2.65. The monoisotopic (exact) mass is 574 g/mol. The average molecular weight is 575 g/mol. The minimum absolute atomic E-state index is 0.00463. The zero-order valence-electron chi connectivity index (χ0n) is 24.8. The molecule has 42 heavy (non-hydrogen) atoms. The van der Waals surface area contributed by atoms with Gasteiger partial charge in [-0.3, -0.25) is 9.78 Å². The zero-order chi connectivity index (χ0) is 29.0. The number of carbonyl (C=O) groups is 1. The summed E-state index contributed by atoms with van der Waals surface area (Å²) in [6.45, 7) is 6.93. The molecular weight excluding hydrogens is 535 g/mol. The number of anilines is 1. The molecule has 0 aliphatic heterocycles. The van der Waals surface area contributed by atoms with E-state index in [9.17, 15) is 9.18 Å². The summed E-state index contributed by atoms with van der Waals surface area (Å²) in [5, 5.41) is 8.48. The summed E-state index contributed by atoms with van der Waals surface area (Å²) >= 11 is 0. The molecule has 9 nitrogen and oxygen atoms in total. The number of amides is 1. The third-order valence-electron chi connectivity index (χ3n) is 11.0. The van der Waals surface area contributed by atoms with E-state index >= 15 is 0 Å². The summed E-state index contributed by atoms with van der Waals surface area (Å²) in [6, 6.07) is 1.95. The molecule has 7 fully saturated rings. The maximum absolute atomic E-state index is 14.4. The SMILES string of the molecule is CC(C)(C)c1noc(C23CCC(CN(C(=O)CC45CC(F)(C4)C5)c4cncc(-c5nc(C6CC6)no5)c4)(CC2)CC3)n1. The third-order valence-corrected chi connectivity index (χ3v) is 11.0. The fourth-order valence-corrected chi connectivity index (χ4v) is 8.24. The molecule has 7 aliphatic carbocycles. The molecule has 222 valence electrons. The number of hydrogen-bond donors (Lipinski definition) is 0. The molecule has 0 spiro atoms. The number of pyridine rings is 1. The largest absolute Gasteiger partial charge is 0.339 e. The molecule has 10 rings (SSSR count). The van der Waals surface area contributed by atoms with Gasteiger partial charge in [0, 0.05) is 35.9 Å². The number of alkyl halides is 1. The van der Waals surface area contributed by atoms with Crippen LogP contribution in [0.3, 0.4) is 0 Å². The Labute approximate surface area is 245 Å². The van der Waals surface area contributed by atoms with Crippen molar-refractivity contribution >= 4 is 11.6 Å². The Balaban J connectivity index is 1.05. The first kappa shape index (κ1) is 26.5. The molecule has 0 saturated heterocycles. The minimum Gasteiger partial charge on any atom is -0.339 e. The smallest absolute Gasteiger partial charge is 0.259 e. The number of hydrogen-bond acceptors (Lipinski definition) is 8. The van der Waals surface area contributed by atoms with Gasteiger partial charge in [0.25, 0.3) is 5.89 Å². The first-order chi connectivity index (χ1) is 20.0. The molecule has 0 N–H and O–H groups in total. The van der Waals surface area contributed by atoms with Crippen LogP contribution in [0.1, 0.15) is 121 Å². The van der Waals surface area contributed by atoms with Gasteiger partial charge in [-0.15, -0.1) is 0 Å². The van der Waals surface area contributed by atoms with Crippen molar-refractivity contribution in [1.29, 1.82) is 0 Å². The molecule has 4 bridgehead atoms. The van der Waals surface area contributed by atoms with E-state index in [2.05, 4.69) is 41.1 Å². The molecule has 1 amide bonds. The minimum atomic E-state index is -1.03. The van der Waals surface area contributed by atoms with E-state index in [-0.39, 0.29) is 27.6 Å². The lowest BCUT2D eigenvalue weighted by atomic mass is 9.41. The van der Waals surface area contributed by atoms with Crippen LogP contribution in [0.2, 0.25) is 0 Å². The van der Waals surface area contributed by atoms with Crippen LogP contribution >= 0.6 is 0 Å². The van der Waals surface area contributed by atoms with Crippen LogP contribution in [0, 0.1) is 10.8 Å². The van der Waals surface area contributed by atoms with Gasteiger partial charge in [-0.1, -0.05) is 31.1 Å². The summed E-state index contributed by atoms with van der Waals surface area (Å²) in [6.07, 6.45) is 13.5. The van der Waals surface area contributed by atoms with Crippen molar-refractivity contribution in [3.05, 3.63) is 36.0 Å². The molecule has 7 aliphatic rings. The maximum atomic E-state index is 14.4. The van der Waals surface area contributed by atoms with Gasteiger partial charge in [0.05, 0.1) is 17.4 Å². The van der Waals surface area contributed by atoms with Gasteiger partial charge in [-0.05, 0) is 87.5 Å². The quantitative estimate of drug-likeness (QED) is 0.296. The number of halogens is 1. The molecule has 10 heteroatoms. The molecule has 3 heterocycles. The Bertz CT molecular complexity index is 1510. The lowest BCUT2D eigenvalue weighted by Gasteiger charge is -2.66. The summed E-state index contributed by atoms with van der Waals surface area (Å²) in [5.74, 6) is 3.16. The molecule has 0 radical (unpaired) electrons. The van der Waals surface area contributed by atoms with Crippen molar-refractivity contribution in [2.75, 3.05) is 11.4 Å². The van der Waals surface area contributed by atoms with Crippen molar-refractivity contribution in [3.8, 4) is 11.5 Å². The predicted octanol–water partition coefficient (Wildman–Crippen LogP) is 6.60. The topological polar surface area (TPSA) is 111 Å². The van der Waals surface area contributed by atoms with Crippen LogP contribution in [-0.4, -0.2) is 43.4 Å². The fraction of sp³-hybridized carbons (Fsp3) is 0.688. The van der Waals surface area contributed by atoms with Crippen LogP contribution in [0.5, 0.6) is 0 Å². The van der Waals surface area contributed by atoms with Crippen LogP contribution in [-0.2, 0) is 15.6 Å². The van der Waals surface area contributed by atoms with Gasteiger partial charge in [-0.2, -0.15) is 9.97 Å². The van der Waals surface area contributed by atoms with Gasteiger partial charge in [0.15, 0.2) is 11.6 Å². The van der Waals surface area contributed by atoms with Crippen molar-refractivity contribution < 1.29 is 18.2 Å². The molecular formula is C32H39FN6O3. The van der Waals surface area contributed by atoms with Gasteiger partial charge in [0.2, 0.25) is 11.8 Å².